The van der Waals surface area contributed by atoms with Gasteiger partial charge in [-0.2, -0.15) is 0 Å². The Balaban J connectivity index is 0.0000000939. The SMILES string of the molecule is CC(C)N1c2cncnc2N2c3ccccc3CC21.CC(C)N1c2nccnc2N2c3ccccc3CC21.CN1c2nccnc2N2c3ccccc3CC12.c1ccc(N2c3cccnc3N3c4ccccc4CC23)cc1. The number of aromatic nitrogens is 7. The lowest BCUT2D eigenvalue weighted by Gasteiger charge is -2.30. The van der Waals surface area contributed by atoms with Crippen LogP contribution < -0.4 is 39.2 Å². The first-order chi connectivity index (χ1) is 37.8. The molecule has 9 aromatic rings. The molecular weight excluding hydrogens is 955 g/mol. The summed E-state index contributed by atoms with van der Waals surface area (Å²) >= 11 is 0. The van der Waals surface area contributed by atoms with E-state index >= 15 is 0 Å². The minimum Gasteiger partial charge on any atom is -0.344 e. The predicted molar refractivity (Wildman–Crippen MR) is 307 cm³/mol. The second-order valence-corrected chi connectivity index (χ2v) is 21.0. The zero-order valence-electron chi connectivity index (χ0n) is 43.8. The van der Waals surface area contributed by atoms with E-state index in [1.54, 1.807) is 31.1 Å². The molecule has 4 atom stereocenters. The largest absolute Gasteiger partial charge is 0.344 e. The molecule has 0 saturated carbocycles. The van der Waals surface area contributed by atoms with Crippen LogP contribution in [0.15, 0.2) is 183 Å². The molecule has 8 aliphatic rings. The average molecular weight is 1010 g/mol. The van der Waals surface area contributed by atoms with Gasteiger partial charge >= 0.3 is 0 Å². The molecule has 77 heavy (non-hydrogen) atoms. The van der Waals surface area contributed by atoms with Crippen molar-refractivity contribution in [2.24, 2.45) is 0 Å². The molecule has 0 N–H and O–H groups in total. The van der Waals surface area contributed by atoms with Crippen LogP contribution in [-0.2, 0) is 25.7 Å². The van der Waals surface area contributed by atoms with Crippen LogP contribution in [0.5, 0.6) is 0 Å². The Labute approximate surface area is 449 Å². The molecule has 12 heterocycles. The molecule has 0 aliphatic carbocycles. The van der Waals surface area contributed by atoms with Crippen molar-refractivity contribution >= 4 is 74.7 Å². The molecule has 0 amide bonds. The summed E-state index contributed by atoms with van der Waals surface area (Å²) in [6.45, 7) is 8.88. The van der Waals surface area contributed by atoms with Gasteiger partial charge in [-0.05, 0) is 98.5 Å². The topological polar surface area (TPSA) is 116 Å². The monoisotopic (exact) mass is 1010 g/mol. The number of benzene rings is 5. The number of nitrogens with zero attached hydrogens (tertiary/aromatic N) is 15. The van der Waals surface area contributed by atoms with E-state index < -0.39 is 0 Å². The third kappa shape index (κ3) is 7.42. The van der Waals surface area contributed by atoms with Gasteiger partial charge < -0.3 is 39.2 Å². The van der Waals surface area contributed by atoms with E-state index in [1.807, 2.05) is 18.5 Å². The number of hydrogen-bond donors (Lipinski definition) is 0. The number of anilines is 13. The summed E-state index contributed by atoms with van der Waals surface area (Å²) in [5.74, 6) is 6.06. The first kappa shape index (κ1) is 46.4. The third-order valence-corrected chi connectivity index (χ3v) is 16.1. The molecule has 0 bridgehead atoms. The minimum atomic E-state index is 0.282. The second kappa shape index (κ2) is 18.6. The van der Waals surface area contributed by atoms with Crippen LogP contribution in [0.25, 0.3) is 0 Å². The number of pyridine rings is 1. The molecule has 0 saturated heterocycles. The van der Waals surface area contributed by atoms with E-state index in [0.717, 1.165) is 66.3 Å². The first-order valence-corrected chi connectivity index (χ1v) is 26.8. The standard InChI is InChI=1S/C19H15N3.2C15H16N4.C13H12N4/c1-2-8-15(9-3-1)21-17-11-6-12-20-19(17)22-16-10-5-4-7-14(16)13-18(21)22;1-10(2)18-13-8-16-9-17-15(13)19-12-6-4-3-5-11(12)7-14(18)19;1-10(2)18-13-9-11-5-3-4-6-12(11)19(13)15-14(18)16-7-8-17-15;1-16-11-8-9-4-2-3-5-10(9)17(11)13-12(16)14-6-7-15-13/h1-12,18H,13H2;3-6,8-10,14H,7H2,1-2H3;3-8,10,13H,9H2,1-2H3;2-7,11H,8H2,1H3. The van der Waals surface area contributed by atoms with Gasteiger partial charge in [-0.25, -0.2) is 34.9 Å². The van der Waals surface area contributed by atoms with E-state index in [-0.39, 0.29) is 6.17 Å². The van der Waals surface area contributed by atoms with Gasteiger partial charge in [-0.1, -0.05) is 91.0 Å². The molecule has 4 aromatic heterocycles. The predicted octanol–water partition coefficient (Wildman–Crippen LogP) is 11.7. The molecule has 4 unspecified atom stereocenters. The minimum absolute atomic E-state index is 0.282. The van der Waals surface area contributed by atoms with Crippen LogP contribution in [0.1, 0.15) is 49.9 Å². The number of fused-ring (bicyclic) bond motifs is 20. The fourth-order valence-electron chi connectivity index (χ4n) is 13.0. The first-order valence-electron chi connectivity index (χ1n) is 26.8. The van der Waals surface area contributed by atoms with Crippen molar-refractivity contribution in [1.29, 1.82) is 0 Å². The maximum Gasteiger partial charge on any atom is 0.178 e. The van der Waals surface area contributed by atoms with Gasteiger partial charge in [-0.3, -0.25) is 0 Å². The van der Waals surface area contributed by atoms with Gasteiger partial charge in [-0.15, -0.1) is 0 Å². The smallest absolute Gasteiger partial charge is 0.178 e. The van der Waals surface area contributed by atoms with Crippen LogP contribution in [0, 0.1) is 0 Å². The summed E-state index contributed by atoms with van der Waals surface area (Å²) in [4.78, 5) is 50.1. The van der Waals surface area contributed by atoms with Crippen molar-refractivity contribution in [2.45, 2.75) is 90.1 Å². The Morgan fingerprint density at radius 3 is 1.35 bits per heavy atom. The Kier molecular flexibility index (Phi) is 11.2. The number of hydrogen-bond acceptors (Lipinski definition) is 15. The summed E-state index contributed by atoms with van der Waals surface area (Å²) in [5, 5.41) is 0. The van der Waals surface area contributed by atoms with Crippen LogP contribution in [0.3, 0.4) is 0 Å². The van der Waals surface area contributed by atoms with Gasteiger partial charge in [0, 0.05) is 104 Å². The molecule has 8 aliphatic heterocycles. The van der Waals surface area contributed by atoms with Crippen LogP contribution >= 0.6 is 0 Å². The Morgan fingerprint density at radius 1 is 0.351 bits per heavy atom. The lowest BCUT2D eigenvalue weighted by atomic mass is 10.1. The van der Waals surface area contributed by atoms with Gasteiger partial charge in [0.25, 0.3) is 0 Å². The van der Waals surface area contributed by atoms with Crippen molar-refractivity contribution in [3.63, 3.8) is 0 Å². The fraction of sp³-hybridized carbons (Fsp3) is 0.242. The lowest BCUT2D eigenvalue weighted by molar-refractivity contribution is 0.584. The lowest BCUT2D eigenvalue weighted by Crippen LogP contribution is -2.43. The van der Waals surface area contributed by atoms with E-state index in [4.69, 9.17) is 0 Å². The highest BCUT2D eigenvalue weighted by molar-refractivity contribution is 5.89. The summed E-state index contributed by atoms with van der Waals surface area (Å²) in [7, 11) is 2.09. The number of rotatable bonds is 3. The highest BCUT2D eigenvalue weighted by Gasteiger charge is 2.47. The van der Waals surface area contributed by atoms with Crippen LogP contribution in [0.2, 0.25) is 0 Å². The zero-order chi connectivity index (χ0) is 51.9. The molecule has 0 radical (unpaired) electrons. The fourth-order valence-corrected chi connectivity index (χ4v) is 13.0. The molecule has 15 heteroatoms. The van der Waals surface area contributed by atoms with E-state index in [2.05, 4.69) is 242 Å². The normalized spacial score (nSPS) is 19.3. The van der Waals surface area contributed by atoms with Crippen molar-refractivity contribution in [3.8, 4) is 0 Å². The van der Waals surface area contributed by atoms with Gasteiger partial charge in [0.05, 0.1) is 11.9 Å². The maximum absolute atomic E-state index is 4.66. The molecule has 0 spiro atoms. The zero-order valence-corrected chi connectivity index (χ0v) is 43.8. The van der Waals surface area contributed by atoms with Crippen molar-refractivity contribution in [3.05, 3.63) is 205 Å². The number of likely N-dealkylation sites (N-methyl/N-ethyl adjacent to an activating group) is 1. The van der Waals surface area contributed by atoms with Gasteiger partial charge in [0.15, 0.2) is 34.9 Å². The van der Waals surface area contributed by atoms with Gasteiger partial charge in [0.1, 0.15) is 36.7 Å². The van der Waals surface area contributed by atoms with Crippen molar-refractivity contribution in [2.75, 3.05) is 46.2 Å². The molecule has 382 valence electrons. The molecular formula is C62H59N15. The molecule has 0 fully saturated rings. The average Bonchev–Trinajstić information content (AvgIpc) is 4.41. The van der Waals surface area contributed by atoms with E-state index in [1.165, 1.54) is 56.4 Å². The maximum atomic E-state index is 4.66. The van der Waals surface area contributed by atoms with Crippen molar-refractivity contribution < 1.29 is 0 Å². The van der Waals surface area contributed by atoms with E-state index in [0.29, 0.717) is 30.6 Å². The quantitative estimate of drug-likeness (QED) is 0.167. The van der Waals surface area contributed by atoms with Crippen molar-refractivity contribution in [1.82, 2.24) is 34.9 Å². The summed E-state index contributed by atoms with van der Waals surface area (Å²) in [6, 6.07) is 50.0. The van der Waals surface area contributed by atoms with Gasteiger partial charge in [0.2, 0.25) is 0 Å². The highest BCUT2D eigenvalue weighted by atomic mass is 15.5. The molecule has 5 aromatic carbocycles. The molecule has 17 rings (SSSR count). The Hall–Kier alpha value is -9.11. The van der Waals surface area contributed by atoms with Crippen LogP contribution in [-0.4, -0.2) is 78.7 Å². The summed E-state index contributed by atoms with van der Waals surface area (Å²) < 4.78 is 0. The summed E-state index contributed by atoms with van der Waals surface area (Å²) in [5.41, 5.74) is 14.3. The second-order valence-electron chi connectivity index (χ2n) is 21.0. The Morgan fingerprint density at radius 2 is 0.766 bits per heavy atom. The van der Waals surface area contributed by atoms with E-state index in [9.17, 15) is 0 Å². The molecule has 15 nitrogen and oxygen atoms in total. The van der Waals surface area contributed by atoms with Crippen LogP contribution in [0.4, 0.5) is 74.7 Å². The number of para-hydroxylation sites is 5. The Bertz CT molecular complexity index is 3540. The highest BCUT2D eigenvalue weighted by Crippen LogP contribution is 2.53. The summed E-state index contributed by atoms with van der Waals surface area (Å²) in [6.07, 6.45) is 18.0. The third-order valence-electron chi connectivity index (χ3n) is 16.1.